The molecule has 3 heterocycles. The lowest BCUT2D eigenvalue weighted by Gasteiger charge is -2.26. The summed E-state index contributed by atoms with van der Waals surface area (Å²) in [6.07, 6.45) is 4.73. The molecule has 0 spiro atoms. The quantitative estimate of drug-likeness (QED) is 0.644. The van der Waals surface area contributed by atoms with Gasteiger partial charge in [-0.05, 0) is 43.2 Å². The van der Waals surface area contributed by atoms with Crippen LogP contribution < -0.4 is 5.32 Å². The molecule has 1 aliphatic heterocycles. The third-order valence-electron chi connectivity index (χ3n) is 5.14. The van der Waals surface area contributed by atoms with Gasteiger partial charge < -0.3 is 5.32 Å². The van der Waals surface area contributed by atoms with Crippen molar-refractivity contribution in [1.29, 1.82) is 0 Å². The summed E-state index contributed by atoms with van der Waals surface area (Å²) >= 11 is 0. The number of carbonyl (C=O) groups is 1. The van der Waals surface area contributed by atoms with Gasteiger partial charge in [0.05, 0.1) is 0 Å². The summed E-state index contributed by atoms with van der Waals surface area (Å²) in [5.74, 6) is -0.635. The molecule has 1 saturated heterocycles. The van der Waals surface area contributed by atoms with Crippen molar-refractivity contribution in [2.75, 3.05) is 19.6 Å². The first-order chi connectivity index (χ1) is 14.5. The average molecular weight is 431 g/mol. The van der Waals surface area contributed by atoms with Crippen molar-refractivity contribution in [3.63, 3.8) is 0 Å². The number of halogens is 1. The van der Waals surface area contributed by atoms with Crippen molar-refractivity contribution in [2.24, 2.45) is 0 Å². The molecule has 4 rings (SSSR count). The summed E-state index contributed by atoms with van der Waals surface area (Å²) in [4.78, 5) is 12.1. The normalized spacial score (nSPS) is 15.4. The van der Waals surface area contributed by atoms with Crippen LogP contribution in [0.15, 0.2) is 47.5 Å². The van der Waals surface area contributed by atoms with E-state index in [1.54, 1.807) is 0 Å². The molecule has 1 N–H and O–H groups in total. The maximum Gasteiger partial charge on any atom is 0.251 e. The maximum atomic E-state index is 14.3. The number of nitrogens with zero attached hydrogens (tertiary/aromatic N) is 4. The van der Waals surface area contributed by atoms with Crippen molar-refractivity contribution in [2.45, 2.75) is 30.6 Å². The van der Waals surface area contributed by atoms with Crippen LogP contribution in [0.2, 0.25) is 0 Å². The van der Waals surface area contributed by atoms with E-state index in [-0.39, 0.29) is 12.1 Å². The van der Waals surface area contributed by atoms with E-state index in [1.165, 1.54) is 10.4 Å². The van der Waals surface area contributed by atoms with Gasteiger partial charge in [-0.1, -0.05) is 12.5 Å². The Bertz CT molecular complexity index is 1170. The lowest BCUT2D eigenvalue weighted by molar-refractivity contribution is 0.0953. The highest BCUT2D eigenvalue weighted by molar-refractivity contribution is 7.89. The van der Waals surface area contributed by atoms with Gasteiger partial charge in [-0.15, -0.1) is 10.2 Å². The third-order valence-corrected chi connectivity index (χ3v) is 7.06. The van der Waals surface area contributed by atoms with Gasteiger partial charge in [-0.25, -0.2) is 12.8 Å². The second kappa shape index (κ2) is 8.49. The zero-order chi connectivity index (χ0) is 21.1. The third kappa shape index (κ3) is 4.05. The fourth-order valence-electron chi connectivity index (χ4n) is 3.54. The second-order valence-electron chi connectivity index (χ2n) is 7.16. The first-order valence-electron chi connectivity index (χ1n) is 9.83. The first kappa shape index (κ1) is 20.4. The molecule has 0 bridgehead atoms. The molecule has 1 aliphatic rings. The molecule has 10 heteroatoms. The summed E-state index contributed by atoms with van der Waals surface area (Å²) in [6.45, 7) is 1.01. The number of hydrogen-bond donors (Lipinski definition) is 1. The van der Waals surface area contributed by atoms with Crippen LogP contribution in [0.4, 0.5) is 4.39 Å². The molecule has 1 aromatic carbocycles. The van der Waals surface area contributed by atoms with E-state index >= 15 is 0 Å². The summed E-state index contributed by atoms with van der Waals surface area (Å²) in [5.41, 5.74) is 0.808. The standard InChI is InChI=1S/C20H22FN5O3S/c21-16-8-7-15(14-17(16)30(28,29)25-11-3-1-4-12-25)20(27)22-10-9-19-24-23-18-6-2-5-13-26(18)19/h2,5-8,13-14H,1,3-4,9-12H2,(H,22,27). The minimum absolute atomic E-state index is 0.0954. The number of piperidine rings is 1. The molecule has 0 aliphatic carbocycles. The van der Waals surface area contributed by atoms with Gasteiger partial charge in [0.15, 0.2) is 5.65 Å². The Morgan fingerprint density at radius 3 is 2.70 bits per heavy atom. The molecule has 1 amide bonds. The smallest absolute Gasteiger partial charge is 0.251 e. The van der Waals surface area contributed by atoms with Gasteiger partial charge in [0.2, 0.25) is 10.0 Å². The zero-order valence-electron chi connectivity index (χ0n) is 16.3. The van der Waals surface area contributed by atoms with Crippen molar-refractivity contribution < 1.29 is 17.6 Å². The Hall–Kier alpha value is -2.85. The molecular formula is C20H22FN5O3S. The van der Waals surface area contributed by atoms with Crippen molar-refractivity contribution in [1.82, 2.24) is 24.2 Å². The van der Waals surface area contributed by atoms with Crippen LogP contribution >= 0.6 is 0 Å². The molecule has 0 radical (unpaired) electrons. The van der Waals surface area contributed by atoms with Crippen LogP contribution in [0.1, 0.15) is 35.4 Å². The lowest BCUT2D eigenvalue weighted by Crippen LogP contribution is -2.36. The topological polar surface area (TPSA) is 96.7 Å². The number of nitrogens with one attached hydrogen (secondary N) is 1. The Kier molecular flexibility index (Phi) is 5.78. The van der Waals surface area contributed by atoms with Crippen LogP contribution in [-0.4, -0.2) is 52.9 Å². The molecule has 0 unspecified atom stereocenters. The van der Waals surface area contributed by atoms with E-state index in [0.717, 1.165) is 31.4 Å². The lowest BCUT2D eigenvalue weighted by atomic mass is 10.2. The number of carbonyl (C=O) groups excluding carboxylic acids is 1. The number of pyridine rings is 1. The number of fused-ring (bicyclic) bond motifs is 1. The predicted octanol–water partition coefficient (Wildman–Crippen LogP) is 2.02. The maximum absolute atomic E-state index is 14.3. The molecular weight excluding hydrogens is 409 g/mol. The summed E-state index contributed by atoms with van der Waals surface area (Å²) in [7, 11) is -3.97. The van der Waals surface area contributed by atoms with Gasteiger partial charge in [0.1, 0.15) is 16.5 Å². The summed E-state index contributed by atoms with van der Waals surface area (Å²) in [6, 6.07) is 8.98. The first-order valence-corrected chi connectivity index (χ1v) is 11.3. The molecule has 0 atom stereocenters. The SMILES string of the molecule is O=C(NCCc1nnc2ccccn12)c1ccc(F)c(S(=O)(=O)N2CCCCC2)c1. The van der Waals surface area contributed by atoms with Gasteiger partial charge >= 0.3 is 0 Å². The highest BCUT2D eigenvalue weighted by Crippen LogP contribution is 2.24. The van der Waals surface area contributed by atoms with Crippen molar-refractivity contribution in [3.8, 4) is 0 Å². The van der Waals surface area contributed by atoms with E-state index in [4.69, 9.17) is 0 Å². The fraction of sp³-hybridized carbons (Fsp3) is 0.350. The largest absolute Gasteiger partial charge is 0.352 e. The van der Waals surface area contributed by atoms with Crippen LogP contribution in [0, 0.1) is 5.82 Å². The predicted molar refractivity (Wildman–Crippen MR) is 108 cm³/mol. The van der Waals surface area contributed by atoms with Crippen LogP contribution in [-0.2, 0) is 16.4 Å². The number of amides is 1. The Morgan fingerprint density at radius 2 is 1.90 bits per heavy atom. The number of aromatic nitrogens is 3. The second-order valence-corrected chi connectivity index (χ2v) is 9.07. The molecule has 3 aromatic rings. The number of benzene rings is 1. The minimum Gasteiger partial charge on any atom is -0.352 e. The van der Waals surface area contributed by atoms with Gasteiger partial charge in [-0.2, -0.15) is 4.31 Å². The van der Waals surface area contributed by atoms with Crippen molar-refractivity contribution in [3.05, 3.63) is 59.8 Å². The number of sulfonamides is 1. The molecule has 2 aromatic heterocycles. The Morgan fingerprint density at radius 1 is 1.10 bits per heavy atom. The van der Waals surface area contributed by atoms with Crippen LogP contribution in [0.5, 0.6) is 0 Å². The number of hydrogen-bond acceptors (Lipinski definition) is 5. The highest BCUT2D eigenvalue weighted by Gasteiger charge is 2.29. The molecule has 0 saturated carbocycles. The van der Waals surface area contributed by atoms with E-state index in [1.807, 2.05) is 28.8 Å². The highest BCUT2D eigenvalue weighted by atomic mass is 32.2. The van der Waals surface area contributed by atoms with Crippen LogP contribution in [0.25, 0.3) is 5.65 Å². The molecule has 30 heavy (non-hydrogen) atoms. The van der Waals surface area contributed by atoms with Crippen molar-refractivity contribution >= 4 is 21.6 Å². The zero-order valence-corrected chi connectivity index (χ0v) is 17.1. The summed E-state index contributed by atoms with van der Waals surface area (Å²) in [5, 5.41) is 10.9. The van der Waals surface area contributed by atoms with Gasteiger partial charge in [0, 0.05) is 37.8 Å². The van der Waals surface area contributed by atoms with Gasteiger partial charge in [0.25, 0.3) is 5.91 Å². The number of rotatable bonds is 6. The molecule has 158 valence electrons. The molecule has 1 fully saturated rings. The summed E-state index contributed by atoms with van der Waals surface area (Å²) < 4.78 is 43.1. The Balaban J connectivity index is 1.46. The molecule has 8 nitrogen and oxygen atoms in total. The van der Waals surface area contributed by atoms with E-state index in [2.05, 4.69) is 15.5 Å². The van der Waals surface area contributed by atoms with E-state index < -0.39 is 26.6 Å². The minimum atomic E-state index is -3.97. The fourth-order valence-corrected chi connectivity index (χ4v) is 5.15. The average Bonchev–Trinajstić information content (AvgIpc) is 3.17. The van der Waals surface area contributed by atoms with Crippen LogP contribution in [0.3, 0.4) is 0 Å². The van der Waals surface area contributed by atoms with E-state index in [9.17, 15) is 17.6 Å². The van der Waals surface area contributed by atoms with E-state index in [0.29, 0.717) is 31.0 Å². The van der Waals surface area contributed by atoms with Gasteiger partial charge in [-0.3, -0.25) is 9.20 Å². The Labute approximate surface area is 173 Å². The monoisotopic (exact) mass is 431 g/mol.